The van der Waals surface area contributed by atoms with Gasteiger partial charge in [0.05, 0.1) is 17.6 Å². The number of carbonyl (C=O) groups is 2. The zero-order valence-electron chi connectivity index (χ0n) is 13.5. The molecule has 0 spiro atoms. The van der Waals surface area contributed by atoms with Gasteiger partial charge in [0.1, 0.15) is 0 Å². The maximum Gasteiger partial charge on any atom is 0.335 e. The fraction of sp³-hybridized carbons (Fsp3) is 0.556. The highest BCUT2D eigenvalue weighted by Crippen LogP contribution is 2.44. The number of carboxylic acids is 1. The fourth-order valence-electron chi connectivity index (χ4n) is 3.88. The normalized spacial score (nSPS) is 22.7. The summed E-state index contributed by atoms with van der Waals surface area (Å²) < 4.78 is 5.27. The lowest BCUT2D eigenvalue weighted by Gasteiger charge is -2.42. The van der Waals surface area contributed by atoms with E-state index in [2.05, 4.69) is 0 Å². The van der Waals surface area contributed by atoms with Crippen LogP contribution >= 0.6 is 0 Å². The van der Waals surface area contributed by atoms with E-state index >= 15 is 0 Å². The van der Waals surface area contributed by atoms with Gasteiger partial charge in [0, 0.05) is 26.1 Å². The summed E-state index contributed by atoms with van der Waals surface area (Å²) in [5.74, 6) is -0.618. The highest BCUT2D eigenvalue weighted by atomic mass is 16.5. The Morgan fingerprint density at radius 1 is 1.35 bits per heavy atom. The van der Waals surface area contributed by atoms with Crippen molar-refractivity contribution in [3.05, 3.63) is 35.4 Å². The van der Waals surface area contributed by atoms with E-state index in [0.29, 0.717) is 25.3 Å². The van der Waals surface area contributed by atoms with Gasteiger partial charge in [-0.15, -0.1) is 0 Å². The smallest absolute Gasteiger partial charge is 0.335 e. The maximum atomic E-state index is 12.9. The van der Waals surface area contributed by atoms with Crippen LogP contribution in [-0.4, -0.2) is 48.7 Å². The van der Waals surface area contributed by atoms with Gasteiger partial charge in [-0.25, -0.2) is 4.79 Å². The van der Waals surface area contributed by atoms with Crippen LogP contribution in [0.15, 0.2) is 24.3 Å². The lowest BCUT2D eigenvalue weighted by Crippen LogP contribution is -2.49. The second-order valence-electron chi connectivity index (χ2n) is 6.70. The molecule has 1 saturated carbocycles. The fourth-order valence-corrected chi connectivity index (χ4v) is 3.88. The van der Waals surface area contributed by atoms with Crippen molar-refractivity contribution in [2.75, 3.05) is 26.8 Å². The topological polar surface area (TPSA) is 66.8 Å². The third-order valence-corrected chi connectivity index (χ3v) is 5.29. The predicted octanol–water partition coefficient (Wildman–Crippen LogP) is 2.52. The molecule has 1 aromatic rings. The largest absolute Gasteiger partial charge is 0.478 e. The van der Waals surface area contributed by atoms with Gasteiger partial charge >= 0.3 is 5.97 Å². The number of likely N-dealkylation sites (tertiary alicyclic amines) is 1. The molecule has 5 nitrogen and oxygen atoms in total. The summed E-state index contributed by atoms with van der Waals surface area (Å²) in [5.41, 5.74) is 0.849. The van der Waals surface area contributed by atoms with Crippen LogP contribution in [0, 0.1) is 5.41 Å². The summed E-state index contributed by atoms with van der Waals surface area (Å²) in [6.45, 7) is 1.79. The lowest BCUT2D eigenvalue weighted by atomic mass is 9.68. The number of amides is 1. The molecule has 1 aliphatic heterocycles. The molecule has 1 atom stereocenters. The Kier molecular flexibility index (Phi) is 4.39. The van der Waals surface area contributed by atoms with Crippen molar-refractivity contribution in [1.82, 2.24) is 4.90 Å². The molecule has 1 unspecified atom stereocenters. The van der Waals surface area contributed by atoms with Crippen LogP contribution in [0.25, 0.3) is 0 Å². The Hall–Kier alpha value is -1.88. The van der Waals surface area contributed by atoms with Crippen molar-refractivity contribution in [3.63, 3.8) is 0 Å². The van der Waals surface area contributed by atoms with Gasteiger partial charge in [-0.2, -0.15) is 0 Å². The third kappa shape index (κ3) is 2.85. The minimum atomic E-state index is -0.903. The summed E-state index contributed by atoms with van der Waals surface area (Å²) in [6.07, 6.45) is 3.69. The summed E-state index contributed by atoms with van der Waals surface area (Å²) in [6, 6.07) is 7.12. The minimum Gasteiger partial charge on any atom is -0.478 e. The zero-order chi connectivity index (χ0) is 16.4. The Morgan fingerprint density at radius 2 is 2.09 bits per heavy atom. The second kappa shape index (κ2) is 6.32. The van der Waals surface area contributed by atoms with E-state index in [1.165, 1.54) is 0 Å². The molecule has 0 radical (unpaired) electrons. The number of hydrogen-bond acceptors (Lipinski definition) is 3. The van der Waals surface area contributed by atoms with Crippen molar-refractivity contribution in [3.8, 4) is 0 Å². The van der Waals surface area contributed by atoms with Crippen molar-refractivity contribution in [2.45, 2.75) is 31.6 Å². The summed E-state index contributed by atoms with van der Waals surface area (Å²) in [7, 11) is 1.64. The first-order valence-electron chi connectivity index (χ1n) is 8.18. The third-order valence-electron chi connectivity index (χ3n) is 5.29. The lowest BCUT2D eigenvalue weighted by molar-refractivity contribution is -0.151. The monoisotopic (exact) mass is 317 g/mol. The molecule has 5 heteroatoms. The summed E-state index contributed by atoms with van der Waals surface area (Å²) >= 11 is 0. The molecule has 124 valence electrons. The highest BCUT2D eigenvalue weighted by Gasteiger charge is 2.47. The van der Waals surface area contributed by atoms with Gasteiger partial charge in [-0.05, 0) is 30.9 Å². The molecular formula is C18H23NO4. The molecule has 1 amide bonds. The average molecular weight is 317 g/mol. The van der Waals surface area contributed by atoms with E-state index in [1.807, 2.05) is 17.0 Å². The van der Waals surface area contributed by atoms with Crippen LogP contribution in [0.4, 0.5) is 0 Å². The molecular weight excluding hydrogens is 294 g/mol. The van der Waals surface area contributed by atoms with Crippen LogP contribution in [0.3, 0.4) is 0 Å². The first-order valence-corrected chi connectivity index (χ1v) is 8.18. The van der Waals surface area contributed by atoms with E-state index < -0.39 is 5.97 Å². The van der Waals surface area contributed by atoms with Crippen LogP contribution in [0.1, 0.15) is 47.5 Å². The standard InChI is InChI=1S/C18H23NO4/c1-23-12-18(8-4-9-18)17(22)19-10-7-13(11-19)14-5-2-3-6-15(14)16(20)21/h2-3,5-6,13H,4,7-12H2,1H3,(H,20,21). The van der Waals surface area contributed by atoms with Crippen molar-refractivity contribution < 1.29 is 19.4 Å². The van der Waals surface area contributed by atoms with E-state index in [4.69, 9.17) is 4.74 Å². The zero-order valence-corrected chi connectivity index (χ0v) is 13.5. The van der Waals surface area contributed by atoms with Crippen LogP contribution in [-0.2, 0) is 9.53 Å². The van der Waals surface area contributed by atoms with Gasteiger partial charge in [0.25, 0.3) is 0 Å². The molecule has 1 saturated heterocycles. The molecule has 0 aromatic heterocycles. The van der Waals surface area contributed by atoms with E-state index in [0.717, 1.165) is 31.2 Å². The van der Waals surface area contributed by atoms with Gasteiger partial charge in [-0.3, -0.25) is 4.79 Å². The van der Waals surface area contributed by atoms with Gasteiger partial charge in [0.15, 0.2) is 0 Å². The molecule has 1 N–H and O–H groups in total. The van der Waals surface area contributed by atoms with Crippen LogP contribution in [0.5, 0.6) is 0 Å². The quantitative estimate of drug-likeness (QED) is 0.906. The molecule has 2 aliphatic rings. The number of carbonyl (C=O) groups excluding carboxylic acids is 1. The van der Waals surface area contributed by atoms with E-state index in [1.54, 1.807) is 19.2 Å². The van der Waals surface area contributed by atoms with E-state index in [-0.39, 0.29) is 17.2 Å². The number of hydrogen-bond donors (Lipinski definition) is 1. The van der Waals surface area contributed by atoms with Crippen LogP contribution in [0.2, 0.25) is 0 Å². The number of carboxylic acid groups (broad SMARTS) is 1. The highest BCUT2D eigenvalue weighted by molar-refractivity contribution is 5.90. The summed E-state index contributed by atoms with van der Waals surface area (Å²) in [5, 5.41) is 9.35. The molecule has 1 aromatic carbocycles. The van der Waals surface area contributed by atoms with Crippen molar-refractivity contribution >= 4 is 11.9 Å². The minimum absolute atomic E-state index is 0.103. The SMILES string of the molecule is COCC1(C(=O)N2CCC(c3ccccc3C(=O)O)C2)CCC1. The molecule has 0 bridgehead atoms. The van der Waals surface area contributed by atoms with Gasteiger partial charge in [0.2, 0.25) is 5.91 Å². The Labute approximate surface area is 136 Å². The summed E-state index contributed by atoms with van der Waals surface area (Å²) in [4.78, 5) is 26.2. The number of rotatable bonds is 5. The number of aromatic carboxylic acids is 1. The van der Waals surface area contributed by atoms with Crippen molar-refractivity contribution in [1.29, 1.82) is 0 Å². The first kappa shape index (κ1) is 16.0. The molecule has 1 heterocycles. The van der Waals surface area contributed by atoms with Crippen molar-refractivity contribution in [2.24, 2.45) is 5.41 Å². The molecule has 23 heavy (non-hydrogen) atoms. The Balaban J connectivity index is 1.74. The molecule has 3 rings (SSSR count). The predicted molar refractivity (Wildman–Crippen MR) is 85.5 cm³/mol. The Morgan fingerprint density at radius 3 is 2.70 bits per heavy atom. The number of nitrogens with zero attached hydrogens (tertiary/aromatic N) is 1. The number of ether oxygens (including phenoxy) is 1. The average Bonchev–Trinajstić information content (AvgIpc) is 3.00. The number of methoxy groups -OCH3 is 1. The van der Waals surface area contributed by atoms with Gasteiger partial charge < -0.3 is 14.7 Å². The van der Waals surface area contributed by atoms with Gasteiger partial charge in [-0.1, -0.05) is 24.6 Å². The Bertz CT molecular complexity index is 609. The van der Waals surface area contributed by atoms with Crippen LogP contribution < -0.4 is 0 Å². The molecule has 2 fully saturated rings. The van der Waals surface area contributed by atoms with E-state index in [9.17, 15) is 14.7 Å². The number of benzene rings is 1. The second-order valence-corrected chi connectivity index (χ2v) is 6.70. The first-order chi connectivity index (χ1) is 11.1. The molecule has 1 aliphatic carbocycles. The maximum absolute atomic E-state index is 12.9.